The summed E-state index contributed by atoms with van der Waals surface area (Å²) in [6.45, 7) is 0.757. The number of hydrogen-bond donors (Lipinski definition) is 2. The summed E-state index contributed by atoms with van der Waals surface area (Å²) in [6.07, 6.45) is 0. The van der Waals surface area contributed by atoms with E-state index in [2.05, 4.69) is 10.6 Å². The van der Waals surface area contributed by atoms with Crippen LogP contribution in [0.2, 0.25) is 5.02 Å². The number of amides is 2. The van der Waals surface area contributed by atoms with Crippen LogP contribution in [0.1, 0.15) is 5.56 Å². The van der Waals surface area contributed by atoms with E-state index < -0.39 is 0 Å². The number of carbonyl (C=O) groups excluding carboxylic acids is 2. The van der Waals surface area contributed by atoms with Gasteiger partial charge >= 0.3 is 0 Å². The van der Waals surface area contributed by atoms with Crippen LogP contribution in [0.3, 0.4) is 0 Å². The molecule has 2 N–H and O–H groups in total. The fourth-order valence-electron chi connectivity index (χ4n) is 2.13. The van der Waals surface area contributed by atoms with E-state index in [0.717, 1.165) is 5.56 Å². The second-order valence-corrected chi connectivity index (χ2v) is 5.93. The van der Waals surface area contributed by atoms with Gasteiger partial charge in [-0.1, -0.05) is 41.9 Å². The van der Waals surface area contributed by atoms with Crippen LogP contribution in [0.5, 0.6) is 0 Å². The molecule has 2 amide bonds. The minimum absolute atomic E-state index is 0.124. The molecular weight excluding hydrogens is 326 g/mol. The van der Waals surface area contributed by atoms with Crippen LogP contribution in [-0.2, 0) is 16.1 Å². The predicted octanol–water partition coefficient (Wildman–Crippen LogP) is 2.53. The molecule has 0 atom stereocenters. The van der Waals surface area contributed by atoms with Gasteiger partial charge in [-0.05, 0) is 36.9 Å². The lowest BCUT2D eigenvalue weighted by molar-refractivity contribution is -0.123. The summed E-state index contributed by atoms with van der Waals surface area (Å²) < 4.78 is 0. The number of likely N-dealkylation sites (N-methyl/N-ethyl adjacent to an activating group) is 1. The Kier molecular flexibility index (Phi) is 6.78. The number of benzene rings is 2. The Morgan fingerprint density at radius 1 is 0.958 bits per heavy atom. The molecule has 0 fully saturated rings. The zero-order valence-electron chi connectivity index (χ0n) is 13.5. The molecule has 0 saturated heterocycles. The van der Waals surface area contributed by atoms with Crippen molar-refractivity contribution in [1.82, 2.24) is 10.2 Å². The van der Waals surface area contributed by atoms with E-state index in [1.807, 2.05) is 30.3 Å². The van der Waals surface area contributed by atoms with Gasteiger partial charge in [0, 0.05) is 17.3 Å². The monoisotopic (exact) mass is 345 g/mol. The van der Waals surface area contributed by atoms with E-state index in [9.17, 15) is 9.59 Å². The number of nitrogens with one attached hydrogen (secondary N) is 2. The maximum absolute atomic E-state index is 12.0. The Labute approximate surface area is 146 Å². The van der Waals surface area contributed by atoms with Crippen LogP contribution in [-0.4, -0.2) is 36.9 Å². The minimum Gasteiger partial charge on any atom is -0.351 e. The number of nitrogens with zero attached hydrogens (tertiary/aromatic N) is 1. The number of rotatable bonds is 7. The summed E-state index contributed by atoms with van der Waals surface area (Å²) in [4.78, 5) is 25.5. The van der Waals surface area contributed by atoms with Crippen LogP contribution >= 0.6 is 11.6 Å². The Hall–Kier alpha value is -2.37. The second-order valence-electron chi connectivity index (χ2n) is 5.49. The van der Waals surface area contributed by atoms with Crippen molar-refractivity contribution in [3.63, 3.8) is 0 Å². The molecule has 0 aromatic heterocycles. The van der Waals surface area contributed by atoms with Crippen molar-refractivity contribution in [1.29, 1.82) is 0 Å². The van der Waals surface area contributed by atoms with E-state index in [0.29, 0.717) is 17.3 Å². The van der Waals surface area contributed by atoms with Crippen LogP contribution in [0.15, 0.2) is 54.6 Å². The number of hydrogen-bond acceptors (Lipinski definition) is 3. The van der Waals surface area contributed by atoms with Gasteiger partial charge in [-0.2, -0.15) is 0 Å². The Balaban J connectivity index is 1.71. The van der Waals surface area contributed by atoms with Crippen molar-refractivity contribution in [3.8, 4) is 0 Å². The average molecular weight is 346 g/mol. The van der Waals surface area contributed by atoms with Crippen molar-refractivity contribution >= 4 is 29.1 Å². The van der Waals surface area contributed by atoms with Crippen molar-refractivity contribution < 1.29 is 9.59 Å². The van der Waals surface area contributed by atoms with Gasteiger partial charge in [0.1, 0.15) is 0 Å². The van der Waals surface area contributed by atoms with Gasteiger partial charge in [-0.3, -0.25) is 14.5 Å². The summed E-state index contributed by atoms with van der Waals surface area (Å²) in [5.41, 5.74) is 1.71. The zero-order valence-corrected chi connectivity index (χ0v) is 14.2. The lowest BCUT2D eigenvalue weighted by atomic mass is 10.2. The molecule has 0 aliphatic carbocycles. The maximum atomic E-state index is 12.0. The zero-order chi connectivity index (χ0) is 17.4. The van der Waals surface area contributed by atoms with Crippen molar-refractivity contribution in [2.24, 2.45) is 0 Å². The molecule has 0 heterocycles. The largest absolute Gasteiger partial charge is 0.351 e. The molecule has 2 aromatic carbocycles. The lowest BCUT2D eigenvalue weighted by Crippen LogP contribution is -2.38. The molecule has 0 aliphatic rings. The minimum atomic E-state index is -0.185. The first-order chi connectivity index (χ1) is 11.5. The van der Waals surface area contributed by atoms with E-state index in [4.69, 9.17) is 11.6 Å². The predicted molar refractivity (Wildman–Crippen MR) is 95.9 cm³/mol. The molecule has 0 bridgehead atoms. The van der Waals surface area contributed by atoms with Crippen LogP contribution in [0.4, 0.5) is 5.69 Å². The van der Waals surface area contributed by atoms with Crippen molar-refractivity contribution in [3.05, 3.63) is 65.2 Å². The third-order valence-corrected chi connectivity index (χ3v) is 3.54. The molecule has 0 radical (unpaired) electrons. The lowest BCUT2D eigenvalue weighted by Gasteiger charge is -2.16. The molecular formula is C18H20ClN3O2. The van der Waals surface area contributed by atoms with Crippen LogP contribution in [0, 0.1) is 0 Å². The summed E-state index contributed by atoms with van der Waals surface area (Å²) in [7, 11) is 1.73. The molecule has 6 heteroatoms. The SMILES string of the molecule is CN(CC(=O)NCc1ccccc1)CC(=O)Nc1ccc(Cl)cc1. The highest BCUT2D eigenvalue weighted by atomic mass is 35.5. The number of halogens is 1. The topological polar surface area (TPSA) is 61.4 Å². The van der Waals surface area contributed by atoms with Crippen LogP contribution < -0.4 is 10.6 Å². The molecule has 2 aromatic rings. The third kappa shape index (κ3) is 6.40. The first-order valence-electron chi connectivity index (χ1n) is 7.57. The van der Waals surface area contributed by atoms with E-state index in [1.165, 1.54) is 0 Å². The molecule has 0 saturated carbocycles. The second kappa shape index (κ2) is 9.05. The van der Waals surface area contributed by atoms with Gasteiger partial charge in [0.2, 0.25) is 11.8 Å². The van der Waals surface area contributed by atoms with Gasteiger partial charge in [0.15, 0.2) is 0 Å². The highest BCUT2D eigenvalue weighted by molar-refractivity contribution is 6.30. The van der Waals surface area contributed by atoms with E-state index in [-0.39, 0.29) is 24.9 Å². The molecule has 5 nitrogen and oxygen atoms in total. The van der Waals surface area contributed by atoms with E-state index in [1.54, 1.807) is 36.2 Å². The quantitative estimate of drug-likeness (QED) is 0.810. The Morgan fingerprint density at radius 3 is 2.25 bits per heavy atom. The summed E-state index contributed by atoms with van der Waals surface area (Å²) in [6, 6.07) is 16.5. The highest BCUT2D eigenvalue weighted by Crippen LogP contribution is 2.13. The highest BCUT2D eigenvalue weighted by Gasteiger charge is 2.10. The first kappa shape index (κ1) is 18.0. The van der Waals surface area contributed by atoms with Gasteiger partial charge in [-0.25, -0.2) is 0 Å². The Bertz CT molecular complexity index is 674. The normalized spacial score (nSPS) is 10.5. The maximum Gasteiger partial charge on any atom is 0.238 e. The van der Waals surface area contributed by atoms with Gasteiger partial charge in [0.05, 0.1) is 13.1 Å². The van der Waals surface area contributed by atoms with Gasteiger partial charge < -0.3 is 10.6 Å². The Morgan fingerprint density at radius 2 is 1.58 bits per heavy atom. The molecule has 2 rings (SSSR count). The fourth-order valence-corrected chi connectivity index (χ4v) is 2.26. The summed E-state index contributed by atoms with van der Waals surface area (Å²) in [5.74, 6) is -0.309. The third-order valence-electron chi connectivity index (χ3n) is 3.29. The van der Waals surface area contributed by atoms with Gasteiger partial charge in [0.25, 0.3) is 0 Å². The molecule has 0 unspecified atom stereocenters. The molecule has 0 spiro atoms. The fraction of sp³-hybridized carbons (Fsp3) is 0.222. The number of anilines is 1. The smallest absolute Gasteiger partial charge is 0.238 e. The average Bonchev–Trinajstić information content (AvgIpc) is 2.56. The molecule has 0 aliphatic heterocycles. The first-order valence-corrected chi connectivity index (χ1v) is 7.95. The summed E-state index contributed by atoms with van der Waals surface area (Å²) in [5, 5.41) is 6.20. The number of carbonyl (C=O) groups is 2. The molecule has 24 heavy (non-hydrogen) atoms. The molecule has 126 valence electrons. The standard InChI is InChI=1S/C18H20ClN3O2/c1-22(12-17(23)20-11-14-5-3-2-4-6-14)13-18(24)21-16-9-7-15(19)8-10-16/h2-10H,11-13H2,1H3,(H,20,23)(H,21,24). The van der Waals surface area contributed by atoms with E-state index >= 15 is 0 Å². The van der Waals surface area contributed by atoms with Crippen molar-refractivity contribution in [2.75, 3.05) is 25.5 Å². The van der Waals surface area contributed by atoms with Gasteiger partial charge in [-0.15, -0.1) is 0 Å². The van der Waals surface area contributed by atoms with Crippen molar-refractivity contribution in [2.45, 2.75) is 6.54 Å². The van der Waals surface area contributed by atoms with Crippen LogP contribution in [0.25, 0.3) is 0 Å². The summed E-state index contributed by atoms with van der Waals surface area (Å²) >= 11 is 5.80.